The molecule has 0 atom stereocenters. The van der Waals surface area contributed by atoms with Crippen molar-refractivity contribution in [3.05, 3.63) is 89.5 Å². The number of rotatable bonds is 9. The van der Waals surface area contributed by atoms with Crippen LogP contribution in [0, 0.1) is 19.7 Å². The third kappa shape index (κ3) is 5.89. The van der Waals surface area contributed by atoms with E-state index in [1.165, 1.54) is 18.2 Å². The number of hydrogen-bond acceptors (Lipinski definition) is 4. The number of carbonyl (C=O) groups excluding carboxylic acids is 1. The molecule has 0 radical (unpaired) electrons. The van der Waals surface area contributed by atoms with E-state index >= 15 is 0 Å². The Morgan fingerprint density at radius 3 is 2.41 bits per heavy atom. The van der Waals surface area contributed by atoms with Gasteiger partial charge in [-0.2, -0.15) is 5.10 Å². The van der Waals surface area contributed by atoms with Gasteiger partial charge in [0.15, 0.2) is 0 Å². The Kier molecular flexibility index (Phi) is 7.22. The molecule has 0 aliphatic carbocycles. The second-order valence-electron chi connectivity index (χ2n) is 7.36. The second-order valence-corrected chi connectivity index (χ2v) is 9.16. The van der Waals surface area contributed by atoms with Crippen LogP contribution in [0.5, 0.6) is 0 Å². The van der Waals surface area contributed by atoms with Crippen LogP contribution >= 0.6 is 0 Å². The molecule has 9 heteroatoms. The van der Waals surface area contributed by atoms with Crippen LogP contribution < -0.4 is 10.0 Å². The zero-order chi connectivity index (χ0) is 23.3. The lowest BCUT2D eigenvalue weighted by Crippen LogP contribution is -2.25. The summed E-state index contributed by atoms with van der Waals surface area (Å²) in [4.78, 5) is 12.6. The Labute approximate surface area is 187 Å². The number of sulfonamides is 1. The average Bonchev–Trinajstić information content (AvgIpc) is 3.02. The smallest absolute Gasteiger partial charge is 0.228 e. The molecule has 2 aromatic carbocycles. The molecular formula is C23H25FN4O3S. The topological polar surface area (TPSA) is 93.1 Å². The summed E-state index contributed by atoms with van der Waals surface area (Å²) in [6.45, 7) is 7.35. The van der Waals surface area contributed by atoms with E-state index in [9.17, 15) is 17.6 Å². The van der Waals surface area contributed by atoms with Gasteiger partial charge in [-0.3, -0.25) is 4.79 Å². The monoisotopic (exact) mass is 456 g/mol. The third-order valence-corrected chi connectivity index (χ3v) is 6.21. The first-order valence-corrected chi connectivity index (χ1v) is 11.6. The molecule has 32 heavy (non-hydrogen) atoms. The first-order valence-electron chi connectivity index (χ1n) is 9.96. The Morgan fingerprint density at radius 1 is 1.12 bits per heavy atom. The molecule has 0 saturated carbocycles. The van der Waals surface area contributed by atoms with Crippen LogP contribution in [0.15, 0.2) is 61.2 Å². The molecule has 0 saturated heterocycles. The lowest BCUT2D eigenvalue weighted by atomic mass is 10.1. The Balaban J connectivity index is 1.66. The van der Waals surface area contributed by atoms with Crippen molar-refractivity contribution in [2.45, 2.75) is 26.0 Å². The molecule has 3 rings (SSSR count). The van der Waals surface area contributed by atoms with Crippen molar-refractivity contribution in [2.24, 2.45) is 0 Å². The van der Waals surface area contributed by atoms with E-state index in [1.54, 1.807) is 41.1 Å². The highest BCUT2D eigenvalue weighted by molar-refractivity contribution is 7.88. The van der Waals surface area contributed by atoms with E-state index < -0.39 is 10.0 Å². The number of hydrogen-bond donors (Lipinski definition) is 2. The van der Waals surface area contributed by atoms with Crippen LogP contribution in [0.1, 0.15) is 22.5 Å². The van der Waals surface area contributed by atoms with Gasteiger partial charge in [0.25, 0.3) is 0 Å². The van der Waals surface area contributed by atoms with Gasteiger partial charge in [-0.15, -0.1) is 6.58 Å². The Hall–Kier alpha value is -3.30. The van der Waals surface area contributed by atoms with Crippen LogP contribution in [-0.2, 0) is 27.0 Å². The number of nitrogens with one attached hydrogen (secondary N) is 2. The largest absolute Gasteiger partial charge is 0.326 e. The van der Waals surface area contributed by atoms with E-state index in [1.807, 2.05) is 13.8 Å². The molecule has 1 amide bonds. The number of aryl methyl sites for hydroxylation is 1. The highest BCUT2D eigenvalue weighted by atomic mass is 32.2. The van der Waals surface area contributed by atoms with Crippen molar-refractivity contribution >= 4 is 21.6 Å². The van der Waals surface area contributed by atoms with Gasteiger partial charge in [0.2, 0.25) is 15.9 Å². The summed E-state index contributed by atoms with van der Waals surface area (Å²) >= 11 is 0. The van der Waals surface area contributed by atoms with Crippen molar-refractivity contribution in [1.29, 1.82) is 0 Å². The van der Waals surface area contributed by atoms with Crippen molar-refractivity contribution in [3.8, 4) is 5.69 Å². The molecule has 1 aromatic heterocycles. The summed E-state index contributed by atoms with van der Waals surface area (Å²) in [6, 6.07) is 12.6. The van der Waals surface area contributed by atoms with Gasteiger partial charge < -0.3 is 5.32 Å². The number of benzene rings is 2. The fourth-order valence-electron chi connectivity index (χ4n) is 3.27. The molecule has 168 valence electrons. The zero-order valence-electron chi connectivity index (χ0n) is 17.9. The molecule has 0 spiro atoms. The van der Waals surface area contributed by atoms with E-state index in [2.05, 4.69) is 21.7 Å². The van der Waals surface area contributed by atoms with Crippen LogP contribution in [-0.4, -0.2) is 30.7 Å². The summed E-state index contributed by atoms with van der Waals surface area (Å²) in [5.41, 5.74) is 4.20. The number of anilines is 1. The quantitative estimate of drug-likeness (QED) is 0.483. The molecule has 1 heterocycles. The van der Waals surface area contributed by atoms with E-state index in [4.69, 9.17) is 0 Å². The minimum atomic E-state index is -3.44. The van der Waals surface area contributed by atoms with Crippen LogP contribution in [0.25, 0.3) is 5.69 Å². The van der Waals surface area contributed by atoms with Crippen LogP contribution in [0.2, 0.25) is 0 Å². The normalized spacial score (nSPS) is 11.3. The SMILES string of the molecule is C=CCNS(=O)(=O)Cc1ccc(NC(=O)Cc2c(C)nn(-c3ccc(F)cc3)c2C)cc1. The summed E-state index contributed by atoms with van der Waals surface area (Å²) in [5, 5.41) is 7.30. The first-order chi connectivity index (χ1) is 15.2. The molecule has 3 aromatic rings. The Bertz CT molecular complexity index is 1220. The lowest BCUT2D eigenvalue weighted by Gasteiger charge is -2.08. The zero-order valence-corrected chi connectivity index (χ0v) is 18.7. The fourth-order valence-corrected chi connectivity index (χ4v) is 4.38. The van der Waals surface area contributed by atoms with E-state index in [0.29, 0.717) is 16.9 Å². The molecule has 7 nitrogen and oxygen atoms in total. The maximum atomic E-state index is 13.2. The highest BCUT2D eigenvalue weighted by Crippen LogP contribution is 2.20. The van der Waals surface area contributed by atoms with Gasteiger partial charge in [0.05, 0.1) is 23.6 Å². The maximum absolute atomic E-state index is 13.2. The van der Waals surface area contributed by atoms with Crippen molar-refractivity contribution in [1.82, 2.24) is 14.5 Å². The van der Waals surface area contributed by atoms with Crippen molar-refractivity contribution < 1.29 is 17.6 Å². The number of amides is 1. The molecular weight excluding hydrogens is 431 g/mol. The summed E-state index contributed by atoms with van der Waals surface area (Å²) in [6.07, 6.45) is 1.60. The summed E-state index contributed by atoms with van der Waals surface area (Å²) < 4.78 is 41.2. The minimum Gasteiger partial charge on any atom is -0.326 e. The molecule has 0 fully saturated rings. The minimum absolute atomic E-state index is 0.125. The second kappa shape index (κ2) is 9.88. The van der Waals surface area contributed by atoms with Gasteiger partial charge in [-0.25, -0.2) is 22.2 Å². The third-order valence-electron chi connectivity index (χ3n) is 4.89. The lowest BCUT2D eigenvalue weighted by molar-refractivity contribution is -0.115. The predicted molar refractivity (Wildman–Crippen MR) is 123 cm³/mol. The number of carbonyl (C=O) groups is 1. The van der Waals surface area contributed by atoms with Gasteiger partial charge in [0, 0.05) is 23.5 Å². The number of nitrogens with zero attached hydrogens (tertiary/aromatic N) is 2. The number of halogens is 1. The standard InChI is InChI=1S/C23H25FN4O3S/c1-4-13-25-32(30,31)15-18-5-9-20(10-6-18)26-23(29)14-22-16(2)27-28(17(22)3)21-11-7-19(24)8-12-21/h4-12,25H,1,13-15H2,2-3H3,(H,26,29). The molecule has 0 aliphatic rings. The van der Waals surface area contributed by atoms with Gasteiger partial charge >= 0.3 is 0 Å². The molecule has 0 aliphatic heterocycles. The molecule has 2 N–H and O–H groups in total. The van der Waals surface area contributed by atoms with Crippen LogP contribution in [0.3, 0.4) is 0 Å². The first kappa shape index (κ1) is 23.4. The van der Waals surface area contributed by atoms with E-state index in [-0.39, 0.29) is 30.4 Å². The van der Waals surface area contributed by atoms with Crippen molar-refractivity contribution in [2.75, 3.05) is 11.9 Å². The van der Waals surface area contributed by atoms with Crippen LogP contribution in [0.4, 0.5) is 10.1 Å². The van der Waals surface area contributed by atoms with Gasteiger partial charge in [-0.05, 0) is 55.8 Å². The highest BCUT2D eigenvalue weighted by Gasteiger charge is 2.16. The summed E-state index contributed by atoms with van der Waals surface area (Å²) in [5.74, 6) is -0.704. The summed E-state index contributed by atoms with van der Waals surface area (Å²) in [7, 11) is -3.44. The fraction of sp³-hybridized carbons (Fsp3) is 0.217. The van der Waals surface area contributed by atoms with Crippen molar-refractivity contribution in [3.63, 3.8) is 0 Å². The molecule has 0 bridgehead atoms. The maximum Gasteiger partial charge on any atom is 0.228 e. The van der Waals surface area contributed by atoms with E-state index in [0.717, 1.165) is 17.0 Å². The average molecular weight is 457 g/mol. The molecule has 0 unspecified atom stereocenters. The Morgan fingerprint density at radius 2 is 1.78 bits per heavy atom. The predicted octanol–water partition coefficient (Wildman–Crippen LogP) is 3.41. The number of aromatic nitrogens is 2. The van der Waals surface area contributed by atoms with Gasteiger partial charge in [0.1, 0.15) is 5.82 Å². The van der Waals surface area contributed by atoms with Gasteiger partial charge in [-0.1, -0.05) is 18.2 Å².